The standard InChI is InChI=1S/C20H21N7O2S/c1-3-25(4-2)18(28)12-26-9-7-14-11-15(5-6-16(14)26)22-20(29)19-17(8-10-30-19)27-13-21-23-24-27/h5-11,13H,3-4,12H2,1-2H3,(H,22,29). The topological polar surface area (TPSA) is 97.9 Å². The summed E-state index contributed by atoms with van der Waals surface area (Å²) in [4.78, 5) is 27.5. The fourth-order valence-corrected chi connectivity index (χ4v) is 4.12. The molecule has 1 aromatic carbocycles. The summed E-state index contributed by atoms with van der Waals surface area (Å²) in [6, 6.07) is 9.39. The van der Waals surface area contributed by atoms with Crippen LogP contribution in [0.3, 0.4) is 0 Å². The van der Waals surface area contributed by atoms with E-state index in [4.69, 9.17) is 0 Å². The van der Waals surface area contributed by atoms with Crippen LogP contribution in [0.25, 0.3) is 16.6 Å². The maximum atomic E-state index is 12.8. The average molecular weight is 424 g/mol. The van der Waals surface area contributed by atoms with Crippen molar-refractivity contribution in [1.29, 1.82) is 0 Å². The van der Waals surface area contributed by atoms with Crippen LogP contribution in [-0.2, 0) is 11.3 Å². The molecule has 0 atom stereocenters. The summed E-state index contributed by atoms with van der Waals surface area (Å²) in [6.45, 7) is 5.63. The van der Waals surface area contributed by atoms with Gasteiger partial charge in [-0.1, -0.05) is 0 Å². The molecular weight excluding hydrogens is 402 g/mol. The lowest BCUT2D eigenvalue weighted by molar-refractivity contribution is -0.131. The van der Waals surface area contributed by atoms with E-state index in [1.54, 1.807) is 6.07 Å². The van der Waals surface area contributed by atoms with E-state index in [9.17, 15) is 9.59 Å². The summed E-state index contributed by atoms with van der Waals surface area (Å²) in [5, 5.41) is 16.8. The molecule has 0 saturated carbocycles. The van der Waals surface area contributed by atoms with Gasteiger partial charge in [0.2, 0.25) is 5.91 Å². The second-order valence-electron chi connectivity index (χ2n) is 6.63. The number of fused-ring (bicyclic) bond motifs is 1. The van der Waals surface area contributed by atoms with Gasteiger partial charge in [-0.05, 0) is 60.0 Å². The zero-order chi connectivity index (χ0) is 21.1. The van der Waals surface area contributed by atoms with E-state index in [1.165, 1.54) is 22.3 Å². The molecule has 10 heteroatoms. The number of aromatic nitrogens is 5. The van der Waals surface area contributed by atoms with E-state index < -0.39 is 0 Å². The molecule has 4 aromatic rings. The maximum Gasteiger partial charge on any atom is 0.267 e. The minimum atomic E-state index is -0.231. The highest BCUT2D eigenvalue weighted by molar-refractivity contribution is 7.12. The fourth-order valence-electron chi connectivity index (χ4n) is 3.35. The van der Waals surface area contributed by atoms with Crippen LogP contribution < -0.4 is 5.32 Å². The quantitative estimate of drug-likeness (QED) is 0.493. The minimum Gasteiger partial charge on any atom is -0.342 e. The number of tetrazole rings is 1. The minimum absolute atomic E-state index is 0.0858. The number of hydrogen-bond donors (Lipinski definition) is 1. The molecule has 2 amide bonds. The van der Waals surface area contributed by atoms with Gasteiger partial charge in [0.1, 0.15) is 17.7 Å². The van der Waals surface area contributed by atoms with Crippen molar-refractivity contribution in [3.63, 3.8) is 0 Å². The number of anilines is 1. The highest BCUT2D eigenvalue weighted by Crippen LogP contribution is 2.24. The van der Waals surface area contributed by atoms with Crippen molar-refractivity contribution in [3.05, 3.63) is 53.1 Å². The Morgan fingerprint density at radius 2 is 2.00 bits per heavy atom. The lowest BCUT2D eigenvalue weighted by Crippen LogP contribution is -2.33. The fraction of sp³-hybridized carbons (Fsp3) is 0.250. The number of thiophene rings is 1. The molecule has 4 rings (SSSR count). The van der Waals surface area contributed by atoms with Crippen molar-refractivity contribution in [2.45, 2.75) is 20.4 Å². The third-order valence-corrected chi connectivity index (χ3v) is 5.80. The molecule has 0 aliphatic carbocycles. The molecular formula is C20H21N7O2S. The molecule has 9 nitrogen and oxygen atoms in total. The predicted molar refractivity (Wildman–Crippen MR) is 115 cm³/mol. The molecule has 0 spiro atoms. The Bertz CT molecular complexity index is 1180. The average Bonchev–Trinajstić information content (AvgIpc) is 3.49. The molecule has 0 fully saturated rings. The summed E-state index contributed by atoms with van der Waals surface area (Å²) >= 11 is 1.32. The highest BCUT2D eigenvalue weighted by atomic mass is 32.1. The van der Waals surface area contributed by atoms with Crippen LogP contribution in [0.4, 0.5) is 5.69 Å². The Morgan fingerprint density at radius 1 is 1.17 bits per heavy atom. The molecule has 1 N–H and O–H groups in total. The van der Waals surface area contributed by atoms with E-state index in [-0.39, 0.29) is 11.8 Å². The van der Waals surface area contributed by atoms with Crippen LogP contribution >= 0.6 is 11.3 Å². The largest absolute Gasteiger partial charge is 0.342 e. The summed E-state index contributed by atoms with van der Waals surface area (Å²) in [6.07, 6.45) is 3.35. The number of benzene rings is 1. The first-order valence-corrected chi connectivity index (χ1v) is 10.5. The predicted octanol–water partition coefficient (Wildman–Crippen LogP) is 2.80. The normalized spacial score (nSPS) is 11.0. The number of nitrogens with one attached hydrogen (secondary N) is 1. The monoisotopic (exact) mass is 423 g/mol. The van der Waals surface area contributed by atoms with Gasteiger partial charge in [-0.3, -0.25) is 9.59 Å². The SMILES string of the molecule is CCN(CC)C(=O)Cn1ccc2cc(NC(=O)c3sccc3-n3cnnn3)ccc21. The van der Waals surface area contributed by atoms with Crippen LogP contribution in [0.1, 0.15) is 23.5 Å². The number of carbonyl (C=O) groups is 2. The number of hydrogen-bond acceptors (Lipinski definition) is 6. The van der Waals surface area contributed by atoms with Gasteiger partial charge in [-0.25, -0.2) is 0 Å². The van der Waals surface area contributed by atoms with Gasteiger partial charge in [-0.15, -0.1) is 16.4 Å². The highest BCUT2D eigenvalue weighted by Gasteiger charge is 2.17. The molecule has 30 heavy (non-hydrogen) atoms. The Morgan fingerprint density at radius 3 is 2.73 bits per heavy atom. The number of nitrogens with zero attached hydrogens (tertiary/aromatic N) is 6. The van der Waals surface area contributed by atoms with Gasteiger partial charge in [0, 0.05) is 35.9 Å². The molecule has 0 saturated heterocycles. The van der Waals surface area contributed by atoms with Crippen LogP contribution in [0.2, 0.25) is 0 Å². The van der Waals surface area contributed by atoms with Crippen LogP contribution in [0.15, 0.2) is 48.2 Å². The molecule has 154 valence electrons. The maximum absolute atomic E-state index is 12.8. The molecule has 0 bridgehead atoms. The second-order valence-corrected chi connectivity index (χ2v) is 7.54. The number of likely N-dealkylation sites (N-methyl/N-ethyl adjacent to an activating group) is 1. The summed E-state index contributed by atoms with van der Waals surface area (Å²) in [7, 11) is 0. The third-order valence-electron chi connectivity index (χ3n) is 4.90. The zero-order valence-corrected chi connectivity index (χ0v) is 17.5. The van der Waals surface area contributed by atoms with E-state index in [1.807, 2.05) is 59.2 Å². The van der Waals surface area contributed by atoms with Gasteiger partial charge in [0.05, 0.1) is 5.69 Å². The molecule has 3 aromatic heterocycles. The summed E-state index contributed by atoms with van der Waals surface area (Å²) in [5.74, 6) is -0.145. The van der Waals surface area contributed by atoms with Gasteiger partial charge in [0.25, 0.3) is 5.91 Å². The van der Waals surface area contributed by atoms with Crippen molar-refractivity contribution in [1.82, 2.24) is 29.7 Å². The van der Waals surface area contributed by atoms with Crippen molar-refractivity contribution in [3.8, 4) is 5.69 Å². The first-order valence-electron chi connectivity index (χ1n) is 9.59. The van der Waals surface area contributed by atoms with Crippen molar-refractivity contribution >= 4 is 39.7 Å². The Kier molecular flexibility index (Phi) is 5.57. The van der Waals surface area contributed by atoms with Crippen molar-refractivity contribution in [2.75, 3.05) is 18.4 Å². The lowest BCUT2D eigenvalue weighted by atomic mass is 10.2. The first-order chi connectivity index (χ1) is 14.6. The Balaban J connectivity index is 1.52. The van der Waals surface area contributed by atoms with E-state index in [0.29, 0.717) is 35.9 Å². The Labute approximate surface area is 176 Å². The van der Waals surface area contributed by atoms with E-state index >= 15 is 0 Å². The van der Waals surface area contributed by atoms with Gasteiger partial charge in [-0.2, -0.15) is 4.68 Å². The van der Waals surface area contributed by atoms with E-state index in [2.05, 4.69) is 20.8 Å². The molecule has 0 aliphatic rings. The van der Waals surface area contributed by atoms with Crippen molar-refractivity contribution < 1.29 is 9.59 Å². The number of rotatable bonds is 7. The summed E-state index contributed by atoms with van der Waals surface area (Å²) in [5.41, 5.74) is 2.25. The number of amides is 2. The first kappa shape index (κ1) is 19.8. The van der Waals surface area contributed by atoms with Gasteiger partial charge in [0.15, 0.2) is 0 Å². The lowest BCUT2D eigenvalue weighted by Gasteiger charge is -2.19. The van der Waals surface area contributed by atoms with E-state index in [0.717, 1.165) is 10.9 Å². The van der Waals surface area contributed by atoms with Gasteiger partial charge < -0.3 is 14.8 Å². The second kappa shape index (κ2) is 8.46. The zero-order valence-electron chi connectivity index (χ0n) is 16.6. The van der Waals surface area contributed by atoms with Crippen LogP contribution in [0.5, 0.6) is 0 Å². The number of carbonyl (C=O) groups excluding carboxylic acids is 2. The van der Waals surface area contributed by atoms with Crippen LogP contribution in [-0.4, -0.2) is 54.6 Å². The third kappa shape index (κ3) is 3.81. The van der Waals surface area contributed by atoms with Gasteiger partial charge >= 0.3 is 0 Å². The molecule has 0 unspecified atom stereocenters. The van der Waals surface area contributed by atoms with Crippen molar-refractivity contribution in [2.24, 2.45) is 0 Å². The smallest absolute Gasteiger partial charge is 0.267 e. The molecule has 0 radical (unpaired) electrons. The Hall–Kier alpha value is -3.53. The molecule has 3 heterocycles. The molecule has 0 aliphatic heterocycles. The van der Waals surface area contributed by atoms with Crippen LogP contribution in [0, 0.1) is 0 Å². The summed E-state index contributed by atoms with van der Waals surface area (Å²) < 4.78 is 3.39.